The number of carbonyl (C=O) groups excluding carboxylic acids is 2. The van der Waals surface area contributed by atoms with Gasteiger partial charge >= 0.3 is 0 Å². The summed E-state index contributed by atoms with van der Waals surface area (Å²) in [5, 5.41) is 3.66. The number of aryl methyl sites for hydroxylation is 1. The van der Waals surface area contributed by atoms with Crippen molar-refractivity contribution in [1.29, 1.82) is 0 Å². The van der Waals surface area contributed by atoms with Crippen molar-refractivity contribution < 1.29 is 9.59 Å². The van der Waals surface area contributed by atoms with Crippen LogP contribution in [0.4, 0.5) is 0 Å². The second kappa shape index (κ2) is 12.4. The van der Waals surface area contributed by atoms with Crippen LogP contribution < -0.4 is 5.32 Å². The largest absolute Gasteiger partial charge is 0.354 e. The third kappa shape index (κ3) is 7.49. The number of hydrogen-bond acceptors (Lipinski definition) is 2. The molecule has 0 bridgehead atoms. The first-order chi connectivity index (χ1) is 14.4. The highest BCUT2D eigenvalue weighted by Gasteiger charge is 2.28. The fraction of sp³-hybridized carbons (Fsp3) is 0.440. The number of amides is 2. The van der Waals surface area contributed by atoms with Crippen molar-refractivity contribution in [2.45, 2.75) is 52.5 Å². The van der Waals surface area contributed by atoms with E-state index in [-0.39, 0.29) is 11.8 Å². The first-order valence-corrected chi connectivity index (χ1v) is 11.1. The topological polar surface area (TPSA) is 49.4 Å². The second-order valence-electron chi connectivity index (χ2n) is 7.98. The van der Waals surface area contributed by atoms with Gasteiger partial charge in [-0.25, -0.2) is 0 Å². The summed E-state index contributed by atoms with van der Waals surface area (Å²) in [5.41, 5.74) is 2.10. The number of hydrogen-bond donors (Lipinski definition) is 1. The lowest BCUT2D eigenvalue weighted by Crippen LogP contribution is -2.50. The fourth-order valence-corrected chi connectivity index (χ4v) is 3.64. The van der Waals surface area contributed by atoms with Gasteiger partial charge in [0.1, 0.15) is 6.04 Å². The van der Waals surface area contributed by atoms with Gasteiger partial charge in [0.2, 0.25) is 11.8 Å². The van der Waals surface area contributed by atoms with Gasteiger partial charge in [-0.3, -0.25) is 9.59 Å². The number of benzene rings is 2. The lowest BCUT2D eigenvalue weighted by Gasteiger charge is -2.31. The molecule has 5 heteroatoms. The van der Waals surface area contributed by atoms with Crippen LogP contribution in [-0.2, 0) is 22.4 Å². The zero-order valence-electron chi connectivity index (χ0n) is 18.2. The highest BCUT2D eigenvalue weighted by Crippen LogP contribution is 2.18. The van der Waals surface area contributed by atoms with Crippen LogP contribution in [0.5, 0.6) is 0 Å². The molecule has 0 aromatic heterocycles. The van der Waals surface area contributed by atoms with Crippen LogP contribution in [-0.4, -0.2) is 35.8 Å². The first-order valence-electron chi connectivity index (χ1n) is 10.8. The Morgan fingerprint density at radius 3 is 2.30 bits per heavy atom. The van der Waals surface area contributed by atoms with Gasteiger partial charge in [-0.2, -0.15) is 0 Å². The summed E-state index contributed by atoms with van der Waals surface area (Å²) in [6, 6.07) is 17.2. The minimum atomic E-state index is -0.466. The highest BCUT2D eigenvalue weighted by molar-refractivity contribution is 6.31. The Balaban J connectivity index is 2.12. The van der Waals surface area contributed by atoms with E-state index < -0.39 is 6.04 Å². The van der Waals surface area contributed by atoms with E-state index >= 15 is 0 Å². The van der Waals surface area contributed by atoms with Crippen molar-refractivity contribution in [3.8, 4) is 0 Å². The van der Waals surface area contributed by atoms with Crippen LogP contribution >= 0.6 is 11.6 Å². The molecule has 0 aliphatic heterocycles. The highest BCUT2D eigenvalue weighted by atomic mass is 35.5. The van der Waals surface area contributed by atoms with Crippen molar-refractivity contribution in [2.75, 3.05) is 13.1 Å². The molecule has 0 radical (unpaired) electrons. The molecule has 2 amide bonds. The van der Waals surface area contributed by atoms with Crippen molar-refractivity contribution in [1.82, 2.24) is 10.2 Å². The van der Waals surface area contributed by atoms with E-state index in [1.54, 1.807) is 4.90 Å². The third-order valence-electron chi connectivity index (χ3n) is 5.12. The van der Waals surface area contributed by atoms with Crippen LogP contribution in [0.1, 0.15) is 44.7 Å². The van der Waals surface area contributed by atoms with Gasteiger partial charge in [-0.05, 0) is 42.4 Å². The minimum Gasteiger partial charge on any atom is -0.354 e. The maximum absolute atomic E-state index is 13.2. The van der Waals surface area contributed by atoms with Crippen molar-refractivity contribution in [3.63, 3.8) is 0 Å². The zero-order chi connectivity index (χ0) is 21.9. The number of carbonyl (C=O) groups is 2. The summed E-state index contributed by atoms with van der Waals surface area (Å²) >= 11 is 6.25. The maximum atomic E-state index is 13.2. The van der Waals surface area contributed by atoms with Crippen LogP contribution in [0.3, 0.4) is 0 Å². The molecule has 1 atom stereocenters. The Labute approximate surface area is 185 Å². The summed E-state index contributed by atoms with van der Waals surface area (Å²) < 4.78 is 0. The molecule has 0 aliphatic rings. The number of nitrogens with one attached hydrogen (secondary N) is 1. The molecule has 162 valence electrons. The summed E-state index contributed by atoms with van der Waals surface area (Å²) in [5.74, 6) is 0.267. The average Bonchev–Trinajstić information content (AvgIpc) is 2.75. The Hall–Kier alpha value is -2.33. The van der Waals surface area contributed by atoms with Crippen molar-refractivity contribution >= 4 is 23.4 Å². The normalized spacial score (nSPS) is 11.9. The molecule has 2 aromatic rings. The van der Waals surface area contributed by atoms with Gasteiger partial charge in [0.05, 0.1) is 0 Å². The van der Waals surface area contributed by atoms with Crippen LogP contribution in [0, 0.1) is 5.92 Å². The minimum absolute atomic E-state index is 0.0163. The molecule has 30 heavy (non-hydrogen) atoms. The van der Waals surface area contributed by atoms with Crippen LogP contribution in [0.15, 0.2) is 54.6 Å². The van der Waals surface area contributed by atoms with Gasteiger partial charge in [0, 0.05) is 24.5 Å². The molecule has 2 aromatic carbocycles. The summed E-state index contributed by atoms with van der Waals surface area (Å²) in [6.45, 7) is 7.19. The molecular formula is C25H33ClN2O2. The van der Waals surface area contributed by atoms with Crippen LogP contribution in [0.2, 0.25) is 5.02 Å². The molecule has 0 heterocycles. The molecule has 1 unspecified atom stereocenters. The predicted molar refractivity (Wildman–Crippen MR) is 124 cm³/mol. The predicted octanol–water partition coefficient (Wildman–Crippen LogP) is 4.89. The Kier molecular flexibility index (Phi) is 9.88. The Bertz CT molecular complexity index is 808. The van der Waals surface area contributed by atoms with Crippen molar-refractivity contribution in [3.05, 3.63) is 70.7 Å². The Morgan fingerprint density at radius 2 is 1.67 bits per heavy atom. The van der Waals surface area contributed by atoms with E-state index in [9.17, 15) is 9.59 Å². The van der Waals surface area contributed by atoms with Crippen molar-refractivity contribution in [2.24, 2.45) is 5.92 Å². The average molecular weight is 429 g/mol. The van der Waals surface area contributed by atoms with E-state index in [0.717, 1.165) is 11.1 Å². The number of nitrogens with zero attached hydrogens (tertiary/aromatic N) is 1. The molecule has 0 saturated carbocycles. The maximum Gasteiger partial charge on any atom is 0.242 e. The lowest BCUT2D eigenvalue weighted by atomic mass is 10.1. The second-order valence-corrected chi connectivity index (χ2v) is 8.38. The van der Waals surface area contributed by atoms with Gasteiger partial charge in [-0.15, -0.1) is 0 Å². The molecule has 4 nitrogen and oxygen atoms in total. The lowest BCUT2D eigenvalue weighted by molar-refractivity contribution is -0.140. The SMILES string of the molecule is CCC(C(=O)NCC(C)C)N(CCc1ccccc1)C(=O)CCc1ccccc1Cl. The van der Waals surface area contributed by atoms with Gasteiger partial charge in [0.15, 0.2) is 0 Å². The molecular weight excluding hydrogens is 396 g/mol. The van der Waals surface area contributed by atoms with Gasteiger partial charge in [-0.1, -0.05) is 80.9 Å². The van der Waals surface area contributed by atoms with E-state index in [4.69, 9.17) is 11.6 Å². The summed E-state index contributed by atoms with van der Waals surface area (Å²) in [7, 11) is 0. The van der Waals surface area contributed by atoms with E-state index in [1.807, 2.05) is 61.5 Å². The van der Waals surface area contributed by atoms with E-state index in [0.29, 0.717) is 49.7 Å². The van der Waals surface area contributed by atoms with Crippen LogP contribution in [0.25, 0.3) is 0 Å². The number of halogens is 1. The molecule has 0 aliphatic carbocycles. The first kappa shape index (κ1) is 23.9. The van der Waals surface area contributed by atoms with Gasteiger partial charge in [0.25, 0.3) is 0 Å². The molecule has 0 fully saturated rings. The summed E-state index contributed by atoms with van der Waals surface area (Å²) in [4.78, 5) is 27.8. The molecule has 0 spiro atoms. The smallest absolute Gasteiger partial charge is 0.242 e. The quantitative estimate of drug-likeness (QED) is 0.553. The monoisotopic (exact) mass is 428 g/mol. The zero-order valence-corrected chi connectivity index (χ0v) is 19.0. The Morgan fingerprint density at radius 1 is 1.00 bits per heavy atom. The standard InChI is InChI=1S/C25H33ClN2O2/c1-4-23(25(30)27-18-19(2)3)28(17-16-20-10-6-5-7-11-20)24(29)15-14-21-12-8-9-13-22(21)26/h5-13,19,23H,4,14-18H2,1-3H3,(H,27,30). The molecule has 2 rings (SSSR count). The van der Waals surface area contributed by atoms with E-state index in [2.05, 4.69) is 19.2 Å². The third-order valence-corrected chi connectivity index (χ3v) is 5.49. The van der Waals surface area contributed by atoms with Gasteiger partial charge < -0.3 is 10.2 Å². The number of rotatable bonds is 11. The summed E-state index contributed by atoms with van der Waals surface area (Å²) in [6.07, 6.45) is 2.18. The molecule has 1 N–H and O–H groups in total. The fourth-order valence-electron chi connectivity index (χ4n) is 3.40. The molecule has 0 saturated heterocycles. The van der Waals surface area contributed by atoms with E-state index in [1.165, 1.54) is 0 Å².